The van der Waals surface area contributed by atoms with Crippen molar-refractivity contribution in [1.29, 1.82) is 0 Å². The van der Waals surface area contributed by atoms with Crippen LogP contribution in [-0.2, 0) is 9.59 Å². The van der Waals surface area contributed by atoms with Gasteiger partial charge in [-0.15, -0.1) is 0 Å². The van der Waals surface area contributed by atoms with Crippen LogP contribution in [0.2, 0.25) is 0 Å². The minimum atomic E-state index is -0.778. The molecule has 0 aromatic heterocycles. The summed E-state index contributed by atoms with van der Waals surface area (Å²) in [6.07, 6.45) is 40.3. The van der Waals surface area contributed by atoms with Gasteiger partial charge < -0.3 is 10.2 Å². The van der Waals surface area contributed by atoms with Crippen molar-refractivity contribution in [2.45, 2.75) is 246 Å². The number of carboxylic acid groups (broad SMARTS) is 2. The van der Waals surface area contributed by atoms with Gasteiger partial charge in [0.15, 0.2) is 0 Å². The number of hydrogen-bond acceptors (Lipinski definition) is 2. The quantitative estimate of drug-likeness (QED) is 0.0644. The van der Waals surface area contributed by atoms with Crippen molar-refractivity contribution in [2.75, 3.05) is 0 Å². The Morgan fingerprint density at radius 3 is 0.851 bits per heavy atom. The fourth-order valence-corrected chi connectivity index (χ4v) is 7.36. The van der Waals surface area contributed by atoms with Crippen LogP contribution in [0, 0.1) is 17.3 Å². The summed E-state index contributed by atoms with van der Waals surface area (Å²) in [6, 6.07) is 0. The molecule has 0 unspecified atom stereocenters. The Labute approximate surface area is 294 Å². The van der Waals surface area contributed by atoms with Gasteiger partial charge in [0, 0.05) is 6.42 Å². The molecule has 0 rings (SSSR count). The molecular weight excluding hydrogens is 580 g/mol. The maximum atomic E-state index is 12.6. The molecule has 0 atom stereocenters. The topological polar surface area (TPSA) is 74.6 Å². The smallest absolute Gasteiger partial charge is 0.309 e. The Morgan fingerprint density at radius 2 is 0.617 bits per heavy atom. The van der Waals surface area contributed by atoms with Gasteiger partial charge in [0.1, 0.15) is 0 Å². The Balaban J connectivity index is 4.11. The molecule has 0 spiro atoms. The summed E-state index contributed by atoms with van der Waals surface area (Å²) in [7, 11) is 0. The highest BCUT2D eigenvalue weighted by atomic mass is 16.4. The number of aliphatic carboxylic acids is 2. The second kappa shape index (κ2) is 33.4. The lowest BCUT2D eigenvalue weighted by Gasteiger charge is -2.30. The maximum Gasteiger partial charge on any atom is 0.309 e. The van der Waals surface area contributed by atoms with Gasteiger partial charge in [0.2, 0.25) is 0 Å². The van der Waals surface area contributed by atoms with Crippen molar-refractivity contribution in [2.24, 2.45) is 17.3 Å². The molecule has 47 heavy (non-hydrogen) atoms. The predicted molar refractivity (Wildman–Crippen MR) is 204 cm³/mol. The van der Waals surface area contributed by atoms with Crippen molar-refractivity contribution in [3.8, 4) is 0 Å². The van der Waals surface area contributed by atoms with E-state index in [-0.39, 0.29) is 6.42 Å². The molecule has 0 saturated heterocycles. The van der Waals surface area contributed by atoms with E-state index in [2.05, 4.69) is 27.7 Å². The van der Waals surface area contributed by atoms with Crippen LogP contribution in [0.15, 0.2) is 0 Å². The van der Waals surface area contributed by atoms with Crippen LogP contribution >= 0.6 is 0 Å². The Kier molecular flexibility index (Phi) is 32.7. The largest absolute Gasteiger partial charge is 0.481 e. The van der Waals surface area contributed by atoms with Crippen LogP contribution in [-0.4, -0.2) is 22.2 Å². The molecule has 0 heterocycles. The molecule has 0 aromatic rings. The summed E-state index contributed by atoms with van der Waals surface area (Å²) in [5, 5.41) is 19.4. The summed E-state index contributed by atoms with van der Waals surface area (Å²) >= 11 is 0. The minimum absolute atomic E-state index is 0.145. The first-order valence-electron chi connectivity index (χ1n) is 21.1. The normalized spacial score (nSPS) is 12.0. The summed E-state index contributed by atoms with van der Waals surface area (Å²) in [4.78, 5) is 23.6. The third-order valence-electron chi connectivity index (χ3n) is 10.6. The minimum Gasteiger partial charge on any atom is -0.481 e. The molecule has 0 saturated carbocycles. The van der Waals surface area contributed by atoms with E-state index in [4.69, 9.17) is 5.11 Å². The monoisotopic (exact) mass is 665 g/mol. The number of carbonyl (C=O) groups is 2. The maximum absolute atomic E-state index is 12.6. The molecule has 2 N–H and O–H groups in total. The number of carboxylic acids is 2. The SMILES string of the molecule is CC(C)CCCCCCCCCCCCCCCC(CCCCCCCCCCCCCCCC(C)C)(CCCCC(=O)O)C(=O)O. The van der Waals surface area contributed by atoms with Crippen LogP contribution in [0.4, 0.5) is 0 Å². The lowest BCUT2D eigenvalue weighted by Crippen LogP contribution is -2.31. The van der Waals surface area contributed by atoms with E-state index >= 15 is 0 Å². The molecule has 0 bridgehead atoms. The molecular formula is C43H84O4. The van der Waals surface area contributed by atoms with E-state index in [1.807, 2.05) is 0 Å². The summed E-state index contributed by atoms with van der Waals surface area (Å²) < 4.78 is 0. The average Bonchev–Trinajstić information content (AvgIpc) is 3.02. The van der Waals surface area contributed by atoms with Gasteiger partial charge in [-0.05, 0) is 37.5 Å². The third kappa shape index (κ3) is 31.9. The molecule has 0 aliphatic heterocycles. The molecule has 0 radical (unpaired) electrons. The Hall–Kier alpha value is -1.06. The predicted octanol–water partition coefficient (Wildman–Crippen LogP) is 14.7. The summed E-state index contributed by atoms with van der Waals surface area (Å²) in [5.41, 5.74) is -0.665. The molecule has 0 aliphatic carbocycles. The number of rotatable bonds is 38. The molecule has 4 heteroatoms. The van der Waals surface area contributed by atoms with Crippen molar-refractivity contribution in [1.82, 2.24) is 0 Å². The van der Waals surface area contributed by atoms with E-state index in [9.17, 15) is 14.7 Å². The van der Waals surface area contributed by atoms with Gasteiger partial charge in [-0.2, -0.15) is 0 Å². The first-order valence-corrected chi connectivity index (χ1v) is 21.1. The standard InChI is InChI=1S/C43H84O4/c1-39(2)33-27-23-19-15-11-7-5-9-13-17-21-25-30-36-43(42(46)47,38-32-29-35-41(44)45)37-31-26-22-18-14-10-6-8-12-16-20-24-28-34-40(3)4/h39-40H,5-38H2,1-4H3,(H,44,45)(H,46,47). The molecule has 0 aromatic carbocycles. The van der Waals surface area contributed by atoms with E-state index in [0.717, 1.165) is 50.4 Å². The molecule has 0 amide bonds. The first kappa shape index (κ1) is 45.9. The van der Waals surface area contributed by atoms with E-state index < -0.39 is 17.4 Å². The highest BCUT2D eigenvalue weighted by Gasteiger charge is 2.36. The lowest BCUT2D eigenvalue weighted by atomic mass is 9.74. The fraction of sp³-hybridized carbons (Fsp3) is 0.953. The second-order valence-electron chi connectivity index (χ2n) is 16.2. The van der Waals surface area contributed by atoms with Crippen LogP contribution in [0.1, 0.15) is 246 Å². The summed E-state index contributed by atoms with van der Waals surface area (Å²) in [6.45, 7) is 9.28. The Bertz CT molecular complexity index is 647. The zero-order chi connectivity index (χ0) is 34.9. The first-order chi connectivity index (χ1) is 22.7. The van der Waals surface area contributed by atoms with E-state index in [0.29, 0.717) is 19.3 Å². The zero-order valence-electron chi connectivity index (χ0n) is 32.4. The summed E-state index contributed by atoms with van der Waals surface area (Å²) in [5.74, 6) is 0.268. The van der Waals surface area contributed by atoms with Gasteiger partial charge in [-0.1, -0.05) is 214 Å². The number of unbranched alkanes of at least 4 members (excludes halogenated alkanes) is 25. The van der Waals surface area contributed by atoms with Gasteiger partial charge >= 0.3 is 11.9 Å². The molecule has 4 nitrogen and oxygen atoms in total. The van der Waals surface area contributed by atoms with Crippen LogP contribution < -0.4 is 0 Å². The highest BCUT2D eigenvalue weighted by Crippen LogP contribution is 2.38. The van der Waals surface area contributed by atoms with Crippen LogP contribution in [0.25, 0.3) is 0 Å². The molecule has 0 fully saturated rings. The van der Waals surface area contributed by atoms with Crippen LogP contribution in [0.5, 0.6) is 0 Å². The van der Waals surface area contributed by atoms with Gasteiger partial charge in [0.25, 0.3) is 0 Å². The van der Waals surface area contributed by atoms with E-state index in [1.165, 1.54) is 154 Å². The van der Waals surface area contributed by atoms with Crippen molar-refractivity contribution >= 4 is 11.9 Å². The van der Waals surface area contributed by atoms with Crippen LogP contribution in [0.3, 0.4) is 0 Å². The average molecular weight is 665 g/mol. The van der Waals surface area contributed by atoms with Crippen molar-refractivity contribution in [3.63, 3.8) is 0 Å². The second-order valence-corrected chi connectivity index (χ2v) is 16.2. The lowest BCUT2D eigenvalue weighted by molar-refractivity contribution is -0.150. The molecule has 0 aliphatic rings. The number of hydrogen-bond donors (Lipinski definition) is 2. The third-order valence-corrected chi connectivity index (χ3v) is 10.6. The zero-order valence-corrected chi connectivity index (χ0v) is 32.4. The van der Waals surface area contributed by atoms with Crippen molar-refractivity contribution in [3.05, 3.63) is 0 Å². The van der Waals surface area contributed by atoms with Gasteiger partial charge in [0.05, 0.1) is 5.41 Å². The van der Waals surface area contributed by atoms with Gasteiger partial charge in [-0.3, -0.25) is 9.59 Å². The highest BCUT2D eigenvalue weighted by molar-refractivity contribution is 5.74. The Morgan fingerprint density at radius 1 is 0.383 bits per heavy atom. The molecule has 280 valence electrons. The van der Waals surface area contributed by atoms with Gasteiger partial charge in [-0.25, -0.2) is 0 Å². The fourth-order valence-electron chi connectivity index (χ4n) is 7.36. The van der Waals surface area contributed by atoms with E-state index in [1.54, 1.807) is 0 Å². The van der Waals surface area contributed by atoms with Crippen molar-refractivity contribution < 1.29 is 19.8 Å².